The van der Waals surface area contributed by atoms with Crippen LogP contribution in [0.4, 0.5) is 13.2 Å². The maximum Gasteiger partial charge on any atom is 0.338 e. The minimum Gasteiger partial charge on any atom is -0.467 e. The van der Waals surface area contributed by atoms with Crippen molar-refractivity contribution in [2.24, 2.45) is 16.3 Å². The molecule has 0 radical (unpaired) electrons. The summed E-state index contributed by atoms with van der Waals surface area (Å²) >= 11 is 1.34. The second kappa shape index (κ2) is 11.7. The quantitative estimate of drug-likeness (QED) is 0.301. The van der Waals surface area contributed by atoms with Crippen molar-refractivity contribution < 1.29 is 32.2 Å². The van der Waals surface area contributed by atoms with E-state index in [4.69, 9.17) is 14.5 Å². The number of rotatable bonds is 11. The van der Waals surface area contributed by atoms with Crippen LogP contribution in [0.3, 0.4) is 0 Å². The number of aromatic nitrogens is 1. The first-order chi connectivity index (χ1) is 20.6. The summed E-state index contributed by atoms with van der Waals surface area (Å²) in [7, 11) is 0. The van der Waals surface area contributed by atoms with Crippen molar-refractivity contribution in [1.29, 1.82) is 0 Å². The predicted octanol–water partition coefficient (Wildman–Crippen LogP) is 3.70. The van der Waals surface area contributed by atoms with Gasteiger partial charge in [0, 0.05) is 54.9 Å². The third-order valence-corrected chi connectivity index (χ3v) is 9.77. The van der Waals surface area contributed by atoms with E-state index in [0.717, 1.165) is 12.8 Å². The Kier molecular flexibility index (Phi) is 8.07. The van der Waals surface area contributed by atoms with Crippen molar-refractivity contribution >= 4 is 29.6 Å². The van der Waals surface area contributed by atoms with E-state index in [0.29, 0.717) is 53.8 Å². The summed E-state index contributed by atoms with van der Waals surface area (Å²) in [6, 6.07) is 3.25. The molecule has 3 atom stereocenters. The Balaban J connectivity index is 1.34. The Morgan fingerprint density at radius 3 is 2.79 bits per heavy atom. The van der Waals surface area contributed by atoms with E-state index >= 15 is 8.78 Å². The first-order valence-electron chi connectivity index (χ1n) is 14.4. The average molecular weight is 618 g/mol. The monoisotopic (exact) mass is 617 g/mol. The number of likely N-dealkylation sites (tertiary alicyclic amines) is 2. The third-order valence-electron chi connectivity index (χ3n) is 8.99. The second-order valence-corrected chi connectivity index (χ2v) is 12.7. The van der Waals surface area contributed by atoms with Gasteiger partial charge >= 0.3 is 5.97 Å². The predicted molar refractivity (Wildman–Crippen MR) is 153 cm³/mol. The number of aliphatic imine (C=N–C) groups is 1. The third kappa shape index (κ3) is 5.82. The molecule has 0 amide bonds. The minimum atomic E-state index is -2.93. The van der Waals surface area contributed by atoms with Gasteiger partial charge in [-0.1, -0.05) is 12.1 Å². The average Bonchev–Trinajstić information content (AvgIpc) is 3.29. The van der Waals surface area contributed by atoms with Crippen LogP contribution in [0, 0.1) is 24.1 Å². The summed E-state index contributed by atoms with van der Waals surface area (Å²) in [6.45, 7) is 4.98. The Labute approximate surface area is 251 Å². The maximum absolute atomic E-state index is 15.5. The molecule has 3 aliphatic heterocycles. The topological polar surface area (TPSA) is 96.4 Å². The summed E-state index contributed by atoms with van der Waals surface area (Å²) in [5.41, 5.74) is 1.21. The van der Waals surface area contributed by atoms with E-state index in [2.05, 4.69) is 10.3 Å². The lowest BCUT2D eigenvalue weighted by molar-refractivity contribution is -0.139. The largest absolute Gasteiger partial charge is 0.467 e. The fourth-order valence-electron chi connectivity index (χ4n) is 6.64. The lowest BCUT2D eigenvalue weighted by Crippen LogP contribution is -2.43. The minimum absolute atomic E-state index is 0.0212. The molecule has 43 heavy (non-hydrogen) atoms. The molecule has 1 aromatic heterocycles. The molecular formula is C30H34F3N5O4S. The highest BCUT2D eigenvalue weighted by molar-refractivity contribution is 7.11. The molecule has 1 aliphatic carbocycles. The van der Waals surface area contributed by atoms with Crippen LogP contribution < -0.4 is 5.32 Å². The van der Waals surface area contributed by atoms with Crippen LogP contribution in [0.25, 0.3) is 0 Å². The summed E-state index contributed by atoms with van der Waals surface area (Å²) in [5.74, 6) is -4.50. The van der Waals surface area contributed by atoms with Crippen LogP contribution in [0.2, 0.25) is 0 Å². The number of nitrogens with one attached hydrogen (secondary N) is 1. The van der Waals surface area contributed by atoms with Gasteiger partial charge in [-0.15, -0.1) is 11.3 Å². The van der Waals surface area contributed by atoms with Gasteiger partial charge in [0.15, 0.2) is 10.8 Å². The van der Waals surface area contributed by atoms with Crippen molar-refractivity contribution in [3.63, 3.8) is 0 Å². The number of amidine groups is 1. The fourth-order valence-corrected chi connectivity index (χ4v) is 7.22. The van der Waals surface area contributed by atoms with Crippen molar-refractivity contribution in [2.75, 3.05) is 45.9 Å². The van der Waals surface area contributed by atoms with Gasteiger partial charge in [0.05, 0.1) is 31.2 Å². The lowest BCUT2D eigenvalue weighted by Gasteiger charge is -2.32. The number of esters is 1. The summed E-state index contributed by atoms with van der Waals surface area (Å²) < 4.78 is 56.2. The highest BCUT2D eigenvalue weighted by Gasteiger charge is 2.59. The summed E-state index contributed by atoms with van der Waals surface area (Å²) in [4.78, 5) is 37.2. The van der Waals surface area contributed by atoms with E-state index in [1.54, 1.807) is 42.5 Å². The molecule has 13 heteroatoms. The first kappa shape index (κ1) is 29.8. The van der Waals surface area contributed by atoms with Gasteiger partial charge in [-0.05, 0) is 43.9 Å². The molecule has 0 unspecified atom stereocenters. The van der Waals surface area contributed by atoms with Gasteiger partial charge in [0.1, 0.15) is 11.9 Å². The number of nitrogens with zero attached hydrogens (tertiary/aromatic N) is 4. The van der Waals surface area contributed by atoms with Crippen molar-refractivity contribution in [2.45, 2.75) is 44.7 Å². The van der Waals surface area contributed by atoms with Gasteiger partial charge in [-0.2, -0.15) is 0 Å². The standard InChI is InChI=1S/C30H34F3N5O4S/c1-3-42-28(40)24-22(35-26(27-34-9-10-43-27)36-25(24)19-5-4-6-21(31)18(19)2)12-38-15-30(32,33)20-11-37(13-23(20)38)14-29(7-8-29)16-41-17-39/h4-6,9-10,17,20,23,25H,3,7-8,11-16H2,1-2H3,(H,35,36)/t20-,23+,25+/m1/s1. The van der Waals surface area contributed by atoms with Crippen molar-refractivity contribution in [3.05, 3.63) is 63.0 Å². The number of hydrogen-bond donors (Lipinski definition) is 1. The Morgan fingerprint density at radius 1 is 1.28 bits per heavy atom. The molecule has 2 saturated heterocycles. The van der Waals surface area contributed by atoms with E-state index in [1.165, 1.54) is 17.4 Å². The molecule has 3 fully saturated rings. The van der Waals surface area contributed by atoms with Gasteiger partial charge < -0.3 is 19.7 Å². The zero-order valence-corrected chi connectivity index (χ0v) is 24.8. The number of carbonyl (C=O) groups is 2. The number of halogens is 3. The molecule has 230 valence electrons. The number of alkyl halides is 2. The molecule has 0 bridgehead atoms. The van der Waals surface area contributed by atoms with Gasteiger partial charge in [-0.25, -0.2) is 22.9 Å². The highest BCUT2D eigenvalue weighted by atomic mass is 32.1. The SMILES string of the molecule is CCOC(=O)C1=C(CN2CC(F)(F)[C@@H]3CN(CC4(COC=O)CC4)C[C@@H]32)NC(c2nccs2)=N[C@H]1c1cccc(F)c1C. The van der Waals surface area contributed by atoms with E-state index in [9.17, 15) is 14.0 Å². The van der Waals surface area contributed by atoms with Crippen molar-refractivity contribution in [3.8, 4) is 0 Å². The second-order valence-electron chi connectivity index (χ2n) is 11.9. The number of fused-ring (bicyclic) bond motifs is 1. The maximum atomic E-state index is 15.5. The van der Waals surface area contributed by atoms with Gasteiger partial charge in [0.25, 0.3) is 12.4 Å². The zero-order valence-electron chi connectivity index (χ0n) is 24.0. The fraction of sp³-hybridized carbons (Fsp3) is 0.533. The molecule has 9 nitrogen and oxygen atoms in total. The van der Waals surface area contributed by atoms with Crippen LogP contribution in [0.1, 0.15) is 41.9 Å². The van der Waals surface area contributed by atoms with E-state index in [-0.39, 0.29) is 30.7 Å². The normalized spacial score (nSPS) is 26.1. The lowest BCUT2D eigenvalue weighted by atomic mass is 9.92. The highest BCUT2D eigenvalue weighted by Crippen LogP contribution is 2.49. The zero-order chi connectivity index (χ0) is 30.4. The van der Waals surface area contributed by atoms with Crippen LogP contribution in [-0.2, 0) is 19.1 Å². The number of ether oxygens (including phenoxy) is 2. The number of hydrogen-bond acceptors (Lipinski definition) is 10. The molecule has 6 rings (SSSR count). The molecule has 1 aromatic carbocycles. The molecule has 4 heterocycles. The number of carbonyl (C=O) groups excluding carboxylic acids is 2. The molecule has 1 saturated carbocycles. The van der Waals surface area contributed by atoms with E-state index < -0.39 is 42.3 Å². The van der Waals surface area contributed by atoms with Gasteiger partial charge in [-0.3, -0.25) is 14.7 Å². The first-order valence-corrected chi connectivity index (χ1v) is 15.3. The molecule has 4 aliphatic rings. The Bertz CT molecular complexity index is 1450. The Hall–Kier alpha value is -3.29. The van der Waals surface area contributed by atoms with Crippen molar-refractivity contribution in [1.82, 2.24) is 20.1 Å². The smallest absolute Gasteiger partial charge is 0.338 e. The molecule has 1 N–H and O–H groups in total. The van der Waals surface area contributed by atoms with Crippen LogP contribution in [-0.4, -0.2) is 91.0 Å². The van der Waals surface area contributed by atoms with E-state index in [1.807, 2.05) is 4.90 Å². The number of benzene rings is 1. The van der Waals surface area contributed by atoms with Crippen LogP contribution >= 0.6 is 11.3 Å². The van der Waals surface area contributed by atoms with Crippen LogP contribution in [0.5, 0.6) is 0 Å². The Morgan fingerprint density at radius 2 is 2.09 bits per heavy atom. The summed E-state index contributed by atoms with van der Waals surface area (Å²) in [5, 5.41) is 5.58. The molecule has 0 spiro atoms. The van der Waals surface area contributed by atoms with Gasteiger partial charge in [0.2, 0.25) is 0 Å². The number of thiazole rings is 1. The van der Waals surface area contributed by atoms with Crippen LogP contribution in [0.15, 0.2) is 46.0 Å². The molecule has 2 aromatic rings. The summed E-state index contributed by atoms with van der Waals surface area (Å²) in [6.07, 6.45) is 3.42. The molecular weight excluding hydrogens is 583 g/mol.